The van der Waals surface area contributed by atoms with Crippen molar-refractivity contribution >= 4 is 0 Å². The minimum atomic E-state index is -0.0439. The highest BCUT2D eigenvalue weighted by atomic mass is 16.5. The Balaban J connectivity index is 1.87. The molecule has 0 bridgehead atoms. The SMILES string of the molecule is COc1ccc(-c2noc(C3(C)CCNC3)n2)cc1. The molecule has 5 heteroatoms. The van der Waals surface area contributed by atoms with Crippen LogP contribution >= 0.6 is 0 Å². The van der Waals surface area contributed by atoms with E-state index >= 15 is 0 Å². The van der Waals surface area contributed by atoms with Crippen molar-refractivity contribution in [1.82, 2.24) is 15.5 Å². The van der Waals surface area contributed by atoms with E-state index in [-0.39, 0.29) is 5.41 Å². The molecule has 19 heavy (non-hydrogen) atoms. The second-order valence-corrected chi connectivity index (χ2v) is 5.14. The van der Waals surface area contributed by atoms with E-state index in [0.29, 0.717) is 11.7 Å². The molecule has 1 N–H and O–H groups in total. The molecular formula is C14H17N3O2. The molecule has 2 aromatic rings. The molecule has 5 nitrogen and oxygen atoms in total. The van der Waals surface area contributed by atoms with Crippen LogP contribution in [-0.4, -0.2) is 30.3 Å². The number of rotatable bonds is 3. The summed E-state index contributed by atoms with van der Waals surface area (Å²) in [5, 5.41) is 7.41. The molecule has 0 radical (unpaired) electrons. The lowest BCUT2D eigenvalue weighted by atomic mass is 9.90. The van der Waals surface area contributed by atoms with E-state index in [1.165, 1.54) is 0 Å². The minimum absolute atomic E-state index is 0.0439. The zero-order chi connectivity index (χ0) is 13.3. The Bertz CT molecular complexity index is 556. The summed E-state index contributed by atoms with van der Waals surface area (Å²) in [6, 6.07) is 7.65. The van der Waals surface area contributed by atoms with Crippen LogP contribution in [0, 0.1) is 0 Å². The van der Waals surface area contributed by atoms with Crippen molar-refractivity contribution in [3.05, 3.63) is 30.2 Å². The van der Waals surface area contributed by atoms with Gasteiger partial charge in [0.25, 0.3) is 0 Å². The lowest BCUT2D eigenvalue weighted by molar-refractivity contribution is 0.306. The van der Waals surface area contributed by atoms with Gasteiger partial charge in [0.15, 0.2) is 0 Å². The monoisotopic (exact) mass is 259 g/mol. The molecule has 1 saturated heterocycles. The molecule has 3 rings (SSSR count). The topological polar surface area (TPSA) is 60.2 Å². The molecule has 1 aromatic heterocycles. The Kier molecular flexibility index (Phi) is 2.98. The van der Waals surface area contributed by atoms with Crippen LogP contribution in [0.2, 0.25) is 0 Å². The summed E-state index contributed by atoms with van der Waals surface area (Å²) in [4.78, 5) is 4.53. The Labute approximate surface area is 112 Å². The first kappa shape index (κ1) is 12.2. The highest BCUT2D eigenvalue weighted by Crippen LogP contribution is 2.30. The second kappa shape index (κ2) is 4.66. The fraction of sp³-hybridized carbons (Fsp3) is 0.429. The number of nitrogens with one attached hydrogen (secondary N) is 1. The van der Waals surface area contributed by atoms with E-state index in [0.717, 1.165) is 30.8 Å². The van der Waals surface area contributed by atoms with E-state index in [9.17, 15) is 0 Å². The maximum Gasteiger partial charge on any atom is 0.234 e. The number of hydrogen-bond donors (Lipinski definition) is 1. The van der Waals surface area contributed by atoms with E-state index in [1.807, 2.05) is 24.3 Å². The van der Waals surface area contributed by atoms with Crippen LogP contribution in [0.4, 0.5) is 0 Å². The maximum absolute atomic E-state index is 5.43. The minimum Gasteiger partial charge on any atom is -0.497 e. The van der Waals surface area contributed by atoms with Crippen molar-refractivity contribution in [2.45, 2.75) is 18.8 Å². The summed E-state index contributed by atoms with van der Waals surface area (Å²) in [6.07, 6.45) is 1.03. The van der Waals surface area contributed by atoms with Gasteiger partial charge in [0.2, 0.25) is 11.7 Å². The molecule has 2 heterocycles. The van der Waals surface area contributed by atoms with Gasteiger partial charge in [0, 0.05) is 12.1 Å². The normalized spacial score (nSPS) is 22.6. The molecule has 1 unspecified atom stereocenters. The smallest absolute Gasteiger partial charge is 0.234 e. The van der Waals surface area contributed by atoms with Gasteiger partial charge in [-0.3, -0.25) is 0 Å². The van der Waals surface area contributed by atoms with E-state index < -0.39 is 0 Å². The van der Waals surface area contributed by atoms with Gasteiger partial charge in [-0.2, -0.15) is 4.98 Å². The largest absolute Gasteiger partial charge is 0.497 e. The van der Waals surface area contributed by atoms with E-state index in [4.69, 9.17) is 9.26 Å². The third-order valence-electron chi connectivity index (χ3n) is 3.66. The number of nitrogens with zero attached hydrogens (tertiary/aromatic N) is 2. The first-order valence-electron chi connectivity index (χ1n) is 6.41. The van der Waals surface area contributed by atoms with Crippen molar-refractivity contribution in [3.63, 3.8) is 0 Å². The molecule has 100 valence electrons. The third-order valence-corrected chi connectivity index (χ3v) is 3.66. The predicted molar refractivity (Wildman–Crippen MR) is 71.1 cm³/mol. The Morgan fingerprint density at radius 2 is 2.11 bits per heavy atom. The van der Waals surface area contributed by atoms with Crippen molar-refractivity contribution < 1.29 is 9.26 Å². The molecule has 0 spiro atoms. The summed E-state index contributed by atoms with van der Waals surface area (Å²) in [6.45, 7) is 4.03. The van der Waals surface area contributed by atoms with Crippen LogP contribution in [0.1, 0.15) is 19.2 Å². The summed E-state index contributed by atoms with van der Waals surface area (Å²) in [5.74, 6) is 2.16. The quantitative estimate of drug-likeness (QED) is 0.913. The predicted octanol–water partition coefficient (Wildman–Crippen LogP) is 2.00. The fourth-order valence-corrected chi connectivity index (χ4v) is 2.33. The van der Waals surface area contributed by atoms with Crippen molar-refractivity contribution in [2.75, 3.05) is 20.2 Å². The summed E-state index contributed by atoms with van der Waals surface area (Å²) >= 11 is 0. The van der Waals surface area contributed by atoms with Gasteiger partial charge >= 0.3 is 0 Å². The first-order valence-corrected chi connectivity index (χ1v) is 6.41. The average Bonchev–Trinajstić information content (AvgIpc) is 3.08. The van der Waals surface area contributed by atoms with E-state index in [1.54, 1.807) is 7.11 Å². The second-order valence-electron chi connectivity index (χ2n) is 5.14. The number of hydrogen-bond acceptors (Lipinski definition) is 5. The van der Waals surface area contributed by atoms with E-state index in [2.05, 4.69) is 22.4 Å². The van der Waals surface area contributed by atoms with Gasteiger partial charge < -0.3 is 14.6 Å². The summed E-state index contributed by atoms with van der Waals surface area (Å²) in [7, 11) is 1.65. The number of benzene rings is 1. The van der Waals surface area contributed by atoms with Crippen LogP contribution in [0.15, 0.2) is 28.8 Å². The van der Waals surface area contributed by atoms with Crippen LogP contribution in [0.5, 0.6) is 5.75 Å². The molecule has 1 aliphatic heterocycles. The molecule has 0 aliphatic carbocycles. The zero-order valence-electron chi connectivity index (χ0n) is 11.1. The fourth-order valence-electron chi connectivity index (χ4n) is 2.33. The third kappa shape index (κ3) is 2.21. The van der Waals surface area contributed by atoms with Crippen molar-refractivity contribution in [3.8, 4) is 17.1 Å². The van der Waals surface area contributed by atoms with Gasteiger partial charge in [-0.15, -0.1) is 0 Å². The van der Waals surface area contributed by atoms with Gasteiger partial charge in [-0.25, -0.2) is 0 Å². The number of ether oxygens (including phenoxy) is 1. The van der Waals surface area contributed by atoms with Gasteiger partial charge in [-0.1, -0.05) is 5.16 Å². The summed E-state index contributed by atoms with van der Waals surface area (Å²) in [5.41, 5.74) is 0.892. The molecule has 1 aromatic carbocycles. The highest BCUT2D eigenvalue weighted by Gasteiger charge is 2.36. The number of aromatic nitrogens is 2. The lowest BCUT2D eigenvalue weighted by Crippen LogP contribution is -2.25. The van der Waals surface area contributed by atoms with Crippen LogP contribution in [0.25, 0.3) is 11.4 Å². The average molecular weight is 259 g/mol. The summed E-state index contributed by atoms with van der Waals surface area (Å²) < 4.78 is 10.6. The van der Waals surface area contributed by atoms with Crippen molar-refractivity contribution in [2.24, 2.45) is 0 Å². The molecular weight excluding hydrogens is 242 g/mol. The zero-order valence-corrected chi connectivity index (χ0v) is 11.1. The first-order chi connectivity index (χ1) is 9.21. The molecule has 1 fully saturated rings. The van der Waals surface area contributed by atoms with Crippen LogP contribution < -0.4 is 10.1 Å². The Morgan fingerprint density at radius 3 is 2.74 bits per heavy atom. The highest BCUT2D eigenvalue weighted by molar-refractivity contribution is 5.55. The van der Waals surface area contributed by atoms with Gasteiger partial charge in [-0.05, 0) is 44.2 Å². The standard InChI is InChI=1S/C14H17N3O2/c1-14(7-8-15-9-14)13-16-12(17-19-13)10-3-5-11(18-2)6-4-10/h3-6,15H,7-9H2,1-2H3. The van der Waals surface area contributed by atoms with Gasteiger partial charge in [0.1, 0.15) is 5.75 Å². The van der Waals surface area contributed by atoms with Gasteiger partial charge in [0.05, 0.1) is 12.5 Å². The van der Waals surface area contributed by atoms with Crippen molar-refractivity contribution in [1.29, 1.82) is 0 Å². The maximum atomic E-state index is 5.43. The lowest BCUT2D eigenvalue weighted by Gasteiger charge is -2.15. The molecule has 1 aliphatic rings. The number of methoxy groups -OCH3 is 1. The van der Waals surface area contributed by atoms with Crippen LogP contribution in [-0.2, 0) is 5.41 Å². The molecule has 0 amide bonds. The Hall–Kier alpha value is -1.88. The Morgan fingerprint density at radius 1 is 1.32 bits per heavy atom. The molecule has 1 atom stereocenters. The van der Waals surface area contributed by atoms with Crippen LogP contribution in [0.3, 0.4) is 0 Å². The molecule has 0 saturated carbocycles.